The minimum absolute atomic E-state index is 0.548. The molecule has 0 saturated heterocycles. The Kier molecular flexibility index (Phi) is 3.52. The Hall–Kier alpha value is -2.53. The molecule has 2 aromatic heterocycles. The Bertz CT molecular complexity index is 707. The lowest BCUT2D eigenvalue weighted by Gasteiger charge is -2.04. The number of aromatic nitrogens is 2. The maximum atomic E-state index is 10.7. The van der Waals surface area contributed by atoms with E-state index in [4.69, 9.17) is 0 Å². The van der Waals surface area contributed by atoms with Gasteiger partial charge in [-0.3, -0.25) is 4.79 Å². The first-order valence-electron chi connectivity index (χ1n) is 6.04. The number of rotatable bonds is 4. The van der Waals surface area contributed by atoms with Crippen LogP contribution in [-0.4, -0.2) is 16.3 Å². The van der Waals surface area contributed by atoms with Gasteiger partial charge in [0.05, 0.1) is 4.88 Å². The average Bonchev–Trinajstić information content (AvgIpc) is 2.98. The number of anilines is 2. The van der Waals surface area contributed by atoms with Crippen LogP contribution in [-0.2, 0) is 0 Å². The number of nitrogens with zero attached hydrogens (tertiary/aromatic N) is 2. The van der Waals surface area contributed by atoms with Crippen molar-refractivity contribution in [2.75, 3.05) is 5.32 Å². The van der Waals surface area contributed by atoms with Gasteiger partial charge in [0.1, 0.15) is 0 Å². The van der Waals surface area contributed by atoms with Crippen molar-refractivity contribution < 1.29 is 4.79 Å². The topological polar surface area (TPSA) is 54.9 Å². The van der Waals surface area contributed by atoms with E-state index in [0.29, 0.717) is 10.8 Å². The number of benzene rings is 1. The summed E-state index contributed by atoms with van der Waals surface area (Å²) in [6.07, 6.45) is 4.34. The van der Waals surface area contributed by atoms with Crippen molar-refractivity contribution in [1.29, 1.82) is 0 Å². The predicted octanol–water partition coefficient (Wildman–Crippen LogP) is 3.76. The Labute approximate surface area is 120 Å². The lowest BCUT2D eigenvalue weighted by Crippen LogP contribution is -1.96. The molecule has 0 aliphatic carbocycles. The van der Waals surface area contributed by atoms with Crippen LogP contribution in [0.3, 0.4) is 0 Å². The molecule has 4 nitrogen and oxygen atoms in total. The van der Waals surface area contributed by atoms with Gasteiger partial charge in [0.15, 0.2) is 6.29 Å². The van der Waals surface area contributed by atoms with Crippen molar-refractivity contribution in [3.8, 4) is 10.4 Å². The van der Waals surface area contributed by atoms with E-state index < -0.39 is 0 Å². The van der Waals surface area contributed by atoms with Crippen molar-refractivity contribution in [2.24, 2.45) is 0 Å². The largest absolute Gasteiger partial charge is 0.324 e. The van der Waals surface area contributed by atoms with Gasteiger partial charge in [-0.25, -0.2) is 9.97 Å². The monoisotopic (exact) mass is 281 g/mol. The van der Waals surface area contributed by atoms with Crippen molar-refractivity contribution in [3.63, 3.8) is 0 Å². The highest BCUT2D eigenvalue weighted by Crippen LogP contribution is 2.26. The number of carbonyl (C=O) groups is 1. The highest BCUT2D eigenvalue weighted by Gasteiger charge is 2.04. The second kappa shape index (κ2) is 5.63. The van der Waals surface area contributed by atoms with Gasteiger partial charge < -0.3 is 5.32 Å². The molecule has 0 aliphatic rings. The predicted molar refractivity (Wildman–Crippen MR) is 80.5 cm³/mol. The maximum absolute atomic E-state index is 10.7. The molecule has 5 heteroatoms. The quantitative estimate of drug-likeness (QED) is 0.740. The molecule has 0 spiro atoms. The van der Waals surface area contributed by atoms with Crippen LogP contribution in [0.25, 0.3) is 10.4 Å². The summed E-state index contributed by atoms with van der Waals surface area (Å²) in [6, 6.07) is 13.4. The molecule has 1 aromatic carbocycles. The molecule has 98 valence electrons. The smallest absolute Gasteiger partial charge is 0.227 e. The van der Waals surface area contributed by atoms with Gasteiger partial charge in [-0.05, 0) is 24.3 Å². The summed E-state index contributed by atoms with van der Waals surface area (Å²) in [6.45, 7) is 0. The molecule has 1 N–H and O–H groups in total. The summed E-state index contributed by atoms with van der Waals surface area (Å²) in [4.78, 5) is 20.9. The Morgan fingerprint density at radius 2 is 1.75 bits per heavy atom. The van der Waals surface area contributed by atoms with Crippen molar-refractivity contribution >= 4 is 29.3 Å². The summed E-state index contributed by atoms with van der Waals surface area (Å²) in [5, 5.41) is 3.12. The fraction of sp³-hybridized carbons (Fsp3) is 0. The number of thiophene rings is 1. The molecule has 3 rings (SSSR count). The zero-order chi connectivity index (χ0) is 13.8. The number of carbonyl (C=O) groups excluding carboxylic acids is 1. The van der Waals surface area contributed by atoms with Crippen molar-refractivity contribution in [3.05, 3.63) is 59.7 Å². The first kappa shape index (κ1) is 12.5. The Balaban J connectivity index is 1.79. The minimum Gasteiger partial charge on any atom is -0.324 e. The van der Waals surface area contributed by atoms with Crippen LogP contribution in [0, 0.1) is 0 Å². The highest BCUT2D eigenvalue weighted by molar-refractivity contribution is 7.17. The van der Waals surface area contributed by atoms with Gasteiger partial charge in [0.25, 0.3) is 0 Å². The lowest BCUT2D eigenvalue weighted by molar-refractivity contribution is 0.112. The molecule has 0 saturated carbocycles. The first-order valence-corrected chi connectivity index (χ1v) is 6.86. The normalized spacial score (nSPS) is 10.2. The van der Waals surface area contributed by atoms with Gasteiger partial charge >= 0.3 is 0 Å². The molecule has 0 bridgehead atoms. The van der Waals surface area contributed by atoms with Gasteiger partial charge in [-0.15, -0.1) is 11.3 Å². The van der Waals surface area contributed by atoms with E-state index >= 15 is 0 Å². The third-order valence-corrected chi connectivity index (χ3v) is 3.77. The SMILES string of the molecule is O=Cc1ccc(-c2cnc(Nc3ccccc3)nc2)s1. The standard InChI is InChI=1S/C15H11N3OS/c19-10-13-6-7-14(20-13)11-8-16-15(17-9-11)18-12-4-2-1-3-5-12/h1-10H,(H,16,17,18). The van der Waals surface area contributed by atoms with E-state index in [1.165, 1.54) is 11.3 Å². The first-order chi connectivity index (χ1) is 9.85. The number of aldehydes is 1. The molecule has 0 aliphatic heterocycles. The second-order valence-electron chi connectivity index (χ2n) is 4.11. The lowest BCUT2D eigenvalue weighted by atomic mass is 10.3. The summed E-state index contributed by atoms with van der Waals surface area (Å²) in [7, 11) is 0. The molecule has 0 amide bonds. The Morgan fingerprint density at radius 1 is 1.00 bits per heavy atom. The second-order valence-corrected chi connectivity index (χ2v) is 5.22. The molecule has 0 radical (unpaired) electrons. The molecule has 20 heavy (non-hydrogen) atoms. The third kappa shape index (κ3) is 2.73. The molecular formula is C15H11N3OS. The zero-order valence-corrected chi connectivity index (χ0v) is 11.3. The van der Waals surface area contributed by atoms with Crippen LogP contribution in [0.5, 0.6) is 0 Å². The summed E-state index contributed by atoms with van der Waals surface area (Å²) in [5.41, 5.74) is 1.85. The highest BCUT2D eigenvalue weighted by atomic mass is 32.1. The van der Waals surface area contributed by atoms with E-state index in [1.54, 1.807) is 18.5 Å². The van der Waals surface area contributed by atoms with Crippen LogP contribution in [0.1, 0.15) is 9.67 Å². The molecule has 2 heterocycles. The van der Waals surface area contributed by atoms with E-state index in [0.717, 1.165) is 22.4 Å². The third-order valence-electron chi connectivity index (χ3n) is 2.71. The summed E-state index contributed by atoms with van der Waals surface area (Å²) >= 11 is 1.43. The van der Waals surface area contributed by atoms with Crippen molar-refractivity contribution in [2.45, 2.75) is 0 Å². The van der Waals surface area contributed by atoms with E-state index in [2.05, 4.69) is 15.3 Å². The van der Waals surface area contributed by atoms with Gasteiger partial charge in [-0.2, -0.15) is 0 Å². The minimum atomic E-state index is 0.548. The average molecular weight is 281 g/mol. The van der Waals surface area contributed by atoms with Crippen LogP contribution in [0.15, 0.2) is 54.9 Å². The molecule has 0 unspecified atom stereocenters. The molecule has 0 atom stereocenters. The maximum Gasteiger partial charge on any atom is 0.227 e. The Morgan fingerprint density at radius 3 is 2.40 bits per heavy atom. The van der Waals surface area contributed by atoms with Crippen LogP contribution >= 0.6 is 11.3 Å². The van der Waals surface area contributed by atoms with Gasteiger partial charge in [0.2, 0.25) is 5.95 Å². The van der Waals surface area contributed by atoms with Crippen LogP contribution < -0.4 is 5.32 Å². The summed E-state index contributed by atoms with van der Waals surface area (Å²) < 4.78 is 0. The summed E-state index contributed by atoms with van der Waals surface area (Å²) in [5.74, 6) is 0.548. The van der Waals surface area contributed by atoms with E-state index in [9.17, 15) is 4.79 Å². The number of hydrogen-bond acceptors (Lipinski definition) is 5. The van der Waals surface area contributed by atoms with Crippen LogP contribution in [0.4, 0.5) is 11.6 Å². The van der Waals surface area contributed by atoms with Gasteiger partial charge in [0, 0.05) is 28.5 Å². The fourth-order valence-electron chi connectivity index (χ4n) is 1.74. The number of hydrogen-bond donors (Lipinski definition) is 1. The number of nitrogens with one attached hydrogen (secondary N) is 1. The van der Waals surface area contributed by atoms with E-state index in [-0.39, 0.29) is 0 Å². The number of para-hydroxylation sites is 1. The zero-order valence-electron chi connectivity index (χ0n) is 10.5. The van der Waals surface area contributed by atoms with Gasteiger partial charge in [-0.1, -0.05) is 18.2 Å². The molecule has 3 aromatic rings. The van der Waals surface area contributed by atoms with Crippen LogP contribution in [0.2, 0.25) is 0 Å². The molecular weight excluding hydrogens is 270 g/mol. The van der Waals surface area contributed by atoms with Crippen molar-refractivity contribution in [1.82, 2.24) is 9.97 Å². The fourth-order valence-corrected chi connectivity index (χ4v) is 2.54. The molecule has 0 fully saturated rings. The van der Waals surface area contributed by atoms with E-state index in [1.807, 2.05) is 36.4 Å².